The second-order valence-electron chi connectivity index (χ2n) is 4.73. The number of hydrogen-bond donors (Lipinski definition) is 1. The third-order valence-electron chi connectivity index (χ3n) is 3.10. The van der Waals surface area contributed by atoms with Gasteiger partial charge in [-0.2, -0.15) is 0 Å². The first-order valence-electron chi connectivity index (χ1n) is 5.67. The Kier molecular flexibility index (Phi) is 3.43. The molecule has 2 atom stereocenters. The van der Waals surface area contributed by atoms with Gasteiger partial charge in [0.25, 0.3) is 0 Å². The predicted molar refractivity (Wildman–Crippen MR) is 68.2 cm³/mol. The highest BCUT2D eigenvalue weighted by Crippen LogP contribution is 2.35. The number of fused-ring (bicyclic) bond motifs is 1. The number of rotatable bonds is 2. The van der Waals surface area contributed by atoms with Crippen molar-refractivity contribution in [2.75, 3.05) is 0 Å². The molecule has 92 valence electrons. The molecule has 0 saturated carbocycles. The lowest BCUT2D eigenvalue weighted by atomic mass is 9.85. The second kappa shape index (κ2) is 4.69. The molecule has 0 saturated heterocycles. The molecule has 4 heteroatoms. The molecular weight excluding hydrogens is 284 g/mol. The van der Waals surface area contributed by atoms with Crippen LogP contribution in [0.15, 0.2) is 22.7 Å². The van der Waals surface area contributed by atoms with E-state index in [9.17, 15) is 9.90 Å². The minimum atomic E-state index is -0.780. The monoisotopic (exact) mass is 298 g/mol. The van der Waals surface area contributed by atoms with Crippen molar-refractivity contribution in [1.29, 1.82) is 0 Å². The Labute approximate surface area is 109 Å². The fraction of sp³-hybridized carbons (Fsp3) is 0.462. The number of aliphatic carboxylic acids is 1. The smallest absolute Gasteiger partial charge is 0.310 e. The summed E-state index contributed by atoms with van der Waals surface area (Å²) in [4.78, 5) is 11.3. The first-order chi connectivity index (χ1) is 7.99. The molecular formula is C13H15BrO3. The summed E-state index contributed by atoms with van der Waals surface area (Å²) in [5.74, 6) is -0.250. The fourth-order valence-corrected chi connectivity index (χ4v) is 2.56. The van der Waals surface area contributed by atoms with E-state index < -0.39 is 11.9 Å². The summed E-state index contributed by atoms with van der Waals surface area (Å²) in [6.45, 7) is 3.98. The summed E-state index contributed by atoms with van der Waals surface area (Å²) < 4.78 is 6.79. The second-order valence-corrected chi connectivity index (χ2v) is 5.64. The van der Waals surface area contributed by atoms with Gasteiger partial charge in [-0.1, -0.05) is 35.8 Å². The largest absolute Gasteiger partial charge is 0.489 e. The summed E-state index contributed by atoms with van der Waals surface area (Å²) in [5, 5.41) is 9.25. The molecule has 0 aliphatic carbocycles. The van der Waals surface area contributed by atoms with E-state index >= 15 is 0 Å². The molecule has 1 aliphatic rings. The highest BCUT2D eigenvalue weighted by molar-refractivity contribution is 9.10. The average Bonchev–Trinajstić information content (AvgIpc) is 2.26. The molecule has 0 aromatic heterocycles. The van der Waals surface area contributed by atoms with Crippen LogP contribution in [0.5, 0.6) is 5.75 Å². The fourth-order valence-electron chi connectivity index (χ4n) is 2.22. The Bertz CT molecular complexity index is 442. The van der Waals surface area contributed by atoms with Gasteiger partial charge in [-0.15, -0.1) is 0 Å². The molecule has 1 aromatic carbocycles. The van der Waals surface area contributed by atoms with E-state index in [2.05, 4.69) is 15.9 Å². The Morgan fingerprint density at radius 1 is 1.53 bits per heavy atom. The lowest BCUT2D eigenvalue weighted by Crippen LogP contribution is -2.41. The average molecular weight is 299 g/mol. The maximum absolute atomic E-state index is 11.3. The van der Waals surface area contributed by atoms with Gasteiger partial charge in [0, 0.05) is 4.47 Å². The number of hydrogen-bond acceptors (Lipinski definition) is 2. The van der Waals surface area contributed by atoms with Crippen LogP contribution >= 0.6 is 15.9 Å². The molecule has 17 heavy (non-hydrogen) atoms. The number of carbonyl (C=O) groups is 1. The SMILES string of the molecule is CC(C)C1Oc2cc(Br)ccc2CC1C(=O)O. The third kappa shape index (κ3) is 2.46. The van der Waals surface area contributed by atoms with Crippen molar-refractivity contribution in [2.24, 2.45) is 11.8 Å². The molecule has 1 heterocycles. The molecule has 0 fully saturated rings. The molecule has 3 nitrogen and oxygen atoms in total. The van der Waals surface area contributed by atoms with Crippen LogP contribution in [-0.4, -0.2) is 17.2 Å². The van der Waals surface area contributed by atoms with Crippen molar-refractivity contribution in [3.8, 4) is 5.75 Å². The van der Waals surface area contributed by atoms with Gasteiger partial charge in [-0.05, 0) is 30.0 Å². The zero-order chi connectivity index (χ0) is 12.6. The predicted octanol–water partition coefficient (Wildman–Crippen LogP) is 3.11. The quantitative estimate of drug-likeness (QED) is 0.912. The van der Waals surface area contributed by atoms with Crippen LogP contribution in [0.3, 0.4) is 0 Å². The van der Waals surface area contributed by atoms with E-state index in [1.54, 1.807) is 0 Å². The Morgan fingerprint density at radius 2 is 2.24 bits per heavy atom. The van der Waals surface area contributed by atoms with Gasteiger partial charge in [0.05, 0.1) is 5.92 Å². The van der Waals surface area contributed by atoms with Crippen LogP contribution in [0.4, 0.5) is 0 Å². The molecule has 1 N–H and O–H groups in total. The van der Waals surface area contributed by atoms with Gasteiger partial charge in [0.1, 0.15) is 11.9 Å². The van der Waals surface area contributed by atoms with Crippen LogP contribution in [-0.2, 0) is 11.2 Å². The van der Waals surface area contributed by atoms with Crippen LogP contribution in [0.2, 0.25) is 0 Å². The van der Waals surface area contributed by atoms with Crippen LogP contribution in [0, 0.1) is 11.8 Å². The first kappa shape index (κ1) is 12.4. The van der Waals surface area contributed by atoms with Crippen molar-refractivity contribution in [3.05, 3.63) is 28.2 Å². The van der Waals surface area contributed by atoms with Gasteiger partial charge in [0.15, 0.2) is 0 Å². The molecule has 2 rings (SSSR count). The number of ether oxygens (including phenoxy) is 1. The van der Waals surface area contributed by atoms with Gasteiger partial charge < -0.3 is 9.84 Å². The molecule has 0 spiro atoms. The molecule has 2 unspecified atom stereocenters. The van der Waals surface area contributed by atoms with Crippen molar-refractivity contribution >= 4 is 21.9 Å². The zero-order valence-electron chi connectivity index (χ0n) is 9.81. The number of carboxylic acid groups (broad SMARTS) is 1. The molecule has 1 aliphatic heterocycles. The molecule has 0 bridgehead atoms. The molecule has 0 amide bonds. The van der Waals surface area contributed by atoms with Crippen LogP contribution in [0.25, 0.3) is 0 Å². The minimum Gasteiger partial charge on any atom is -0.489 e. The van der Waals surface area contributed by atoms with Crippen LogP contribution in [0.1, 0.15) is 19.4 Å². The summed E-state index contributed by atoms with van der Waals surface area (Å²) in [6, 6.07) is 5.74. The Hall–Kier alpha value is -1.03. The summed E-state index contributed by atoms with van der Waals surface area (Å²) in [7, 11) is 0. The topological polar surface area (TPSA) is 46.5 Å². The van der Waals surface area contributed by atoms with E-state index in [0.29, 0.717) is 6.42 Å². The van der Waals surface area contributed by atoms with Crippen molar-refractivity contribution in [3.63, 3.8) is 0 Å². The standard InChI is InChI=1S/C13H15BrO3/c1-7(2)12-10(13(15)16)5-8-3-4-9(14)6-11(8)17-12/h3-4,6-7,10,12H,5H2,1-2H3,(H,15,16). The van der Waals surface area contributed by atoms with E-state index in [4.69, 9.17) is 4.74 Å². The van der Waals surface area contributed by atoms with Crippen molar-refractivity contribution in [1.82, 2.24) is 0 Å². The lowest BCUT2D eigenvalue weighted by molar-refractivity contribution is -0.146. The Morgan fingerprint density at radius 3 is 2.82 bits per heavy atom. The third-order valence-corrected chi connectivity index (χ3v) is 3.60. The van der Waals surface area contributed by atoms with Crippen molar-refractivity contribution in [2.45, 2.75) is 26.4 Å². The lowest BCUT2D eigenvalue weighted by Gasteiger charge is -2.33. The number of benzene rings is 1. The maximum atomic E-state index is 11.3. The summed E-state index contributed by atoms with van der Waals surface area (Å²) in [5.41, 5.74) is 0.970. The summed E-state index contributed by atoms with van der Waals surface area (Å²) in [6.07, 6.45) is 0.287. The first-order valence-corrected chi connectivity index (χ1v) is 6.46. The number of halogens is 1. The zero-order valence-corrected chi connectivity index (χ0v) is 11.4. The van der Waals surface area contributed by atoms with E-state index in [-0.39, 0.29) is 12.0 Å². The van der Waals surface area contributed by atoms with Gasteiger partial charge >= 0.3 is 5.97 Å². The normalized spacial score (nSPS) is 23.1. The number of carboxylic acids is 1. The van der Waals surface area contributed by atoms with Gasteiger partial charge in [-0.3, -0.25) is 4.79 Å². The van der Waals surface area contributed by atoms with Gasteiger partial charge in [0.2, 0.25) is 0 Å². The Balaban J connectivity index is 2.36. The van der Waals surface area contributed by atoms with Gasteiger partial charge in [-0.25, -0.2) is 0 Å². The van der Waals surface area contributed by atoms with Crippen LogP contribution < -0.4 is 4.74 Å². The maximum Gasteiger partial charge on any atom is 0.310 e. The van der Waals surface area contributed by atoms with Crippen molar-refractivity contribution < 1.29 is 14.6 Å². The molecule has 0 radical (unpaired) electrons. The van der Waals surface area contributed by atoms with E-state index in [0.717, 1.165) is 15.8 Å². The minimum absolute atomic E-state index is 0.184. The molecule has 1 aromatic rings. The highest BCUT2D eigenvalue weighted by atomic mass is 79.9. The highest BCUT2D eigenvalue weighted by Gasteiger charge is 2.36. The summed E-state index contributed by atoms with van der Waals surface area (Å²) >= 11 is 3.40. The van der Waals surface area contributed by atoms with E-state index in [1.807, 2.05) is 32.0 Å². The van der Waals surface area contributed by atoms with E-state index in [1.165, 1.54) is 0 Å².